The molecule has 3 aromatic rings. The summed E-state index contributed by atoms with van der Waals surface area (Å²) in [6.07, 6.45) is 3.68. The quantitative estimate of drug-likeness (QED) is 0.360. The molecule has 0 radical (unpaired) electrons. The van der Waals surface area contributed by atoms with E-state index in [1.165, 1.54) is 31.7 Å². The van der Waals surface area contributed by atoms with E-state index in [9.17, 15) is 17.6 Å². The lowest BCUT2D eigenvalue weighted by Crippen LogP contribution is -2.36. The highest BCUT2D eigenvalue weighted by molar-refractivity contribution is 5.79. The normalized spacial score (nSPS) is 17.4. The third-order valence-electron chi connectivity index (χ3n) is 7.92. The van der Waals surface area contributed by atoms with Gasteiger partial charge in [-0.25, -0.2) is 19.3 Å². The highest BCUT2D eigenvalue weighted by Gasteiger charge is 2.35. The first-order chi connectivity index (χ1) is 19.1. The van der Waals surface area contributed by atoms with Crippen LogP contribution in [0.5, 0.6) is 0 Å². The predicted octanol–water partition coefficient (Wildman–Crippen LogP) is 5.98. The molecule has 214 valence electrons. The number of nitrogens with zero attached hydrogens (tertiary/aromatic N) is 6. The van der Waals surface area contributed by atoms with Gasteiger partial charge in [0, 0.05) is 43.9 Å². The van der Waals surface area contributed by atoms with Gasteiger partial charge in [0.2, 0.25) is 0 Å². The molecular formula is C29H35F4N7. The van der Waals surface area contributed by atoms with Crippen LogP contribution in [-0.4, -0.2) is 57.1 Å². The minimum Gasteiger partial charge on any atom is -0.383 e. The Morgan fingerprint density at radius 3 is 2.45 bits per heavy atom. The maximum absolute atomic E-state index is 14.0. The van der Waals surface area contributed by atoms with Crippen molar-refractivity contribution in [2.75, 3.05) is 43.4 Å². The summed E-state index contributed by atoms with van der Waals surface area (Å²) in [6.45, 7) is 11.0. The molecule has 7 nitrogen and oxygen atoms in total. The van der Waals surface area contributed by atoms with E-state index in [0.717, 1.165) is 67.4 Å². The van der Waals surface area contributed by atoms with E-state index >= 15 is 0 Å². The van der Waals surface area contributed by atoms with Crippen LogP contribution in [0, 0.1) is 5.82 Å². The third kappa shape index (κ3) is 5.99. The van der Waals surface area contributed by atoms with Crippen molar-refractivity contribution < 1.29 is 17.6 Å². The summed E-state index contributed by atoms with van der Waals surface area (Å²) in [5.74, 6) is 0.842. The smallest absolute Gasteiger partial charge is 0.383 e. The zero-order valence-electron chi connectivity index (χ0n) is 22.7. The first-order valence-corrected chi connectivity index (χ1v) is 13.8. The van der Waals surface area contributed by atoms with Crippen molar-refractivity contribution in [1.82, 2.24) is 24.4 Å². The van der Waals surface area contributed by atoms with Gasteiger partial charge in [-0.2, -0.15) is 13.2 Å². The predicted molar refractivity (Wildman–Crippen MR) is 148 cm³/mol. The van der Waals surface area contributed by atoms with Gasteiger partial charge in [0.25, 0.3) is 0 Å². The highest BCUT2D eigenvalue weighted by Crippen LogP contribution is 2.37. The number of rotatable bonds is 7. The molecule has 0 aliphatic carbocycles. The van der Waals surface area contributed by atoms with Crippen molar-refractivity contribution in [3.8, 4) is 11.3 Å². The first-order valence-electron chi connectivity index (χ1n) is 13.8. The lowest BCUT2D eigenvalue weighted by atomic mass is 9.95. The molecule has 0 atom stereocenters. The number of alkyl halides is 3. The largest absolute Gasteiger partial charge is 0.419 e. The Bertz CT molecular complexity index is 1350. The van der Waals surface area contributed by atoms with E-state index in [4.69, 9.17) is 10.7 Å². The molecule has 0 bridgehead atoms. The summed E-state index contributed by atoms with van der Waals surface area (Å²) in [5.41, 5.74) is 7.07. The van der Waals surface area contributed by atoms with Gasteiger partial charge in [0.05, 0.1) is 16.8 Å². The molecule has 40 heavy (non-hydrogen) atoms. The molecule has 0 amide bonds. The number of likely N-dealkylation sites (tertiary alicyclic amines) is 1. The molecular weight excluding hydrogens is 522 g/mol. The average molecular weight is 558 g/mol. The van der Waals surface area contributed by atoms with Crippen molar-refractivity contribution in [2.24, 2.45) is 0 Å². The Balaban J connectivity index is 1.41. The van der Waals surface area contributed by atoms with Gasteiger partial charge in [-0.05, 0) is 69.5 Å². The molecule has 0 unspecified atom stereocenters. The van der Waals surface area contributed by atoms with E-state index in [-0.39, 0.29) is 11.5 Å². The van der Waals surface area contributed by atoms with Crippen LogP contribution in [0.25, 0.3) is 16.8 Å². The fourth-order valence-corrected chi connectivity index (χ4v) is 5.80. The molecule has 5 rings (SSSR count). The molecule has 2 saturated heterocycles. The average Bonchev–Trinajstić information content (AvgIpc) is 3.36. The van der Waals surface area contributed by atoms with Crippen LogP contribution in [0.4, 0.5) is 29.2 Å². The molecule has 2 N–H and O–H groups in total. The zero-order valence-corrected chi connectivity index (χ0v) is 22.7. The molecule has 2 aliphatic rings. The Labute approximate surface area is 231 Å². The maximum Gasteiger partial charge on any atom is 0.419 e. The second-order valence-electron chi connectivity index (χ2n) is 10.8. The van der Waals surface area contributed by atoms with Crippen LogP contribution in [-0.2, 0) is 12.7 Å². The number of hydrogen-bond acceptors (Lipinski definition) is 6. The topological polar surface area (TPSA) is 76.1 Å². The SMILES string of the molecule is C=C(C)c1c(N)ncnc1N1CCC(c2nc(-c3ccc(F)c(C(F)(F)F)c3)cn2CCN2CCCCC2)CC1. The summed E-state index contributed by atoms with van der Waals surface area (Å²) in [6, 6.07) is 3.10. The van der Waals surface area contributed by atoms with Crippen molar-refractivity contribution in [3.05, 3.63) is 60.1 Å². The number of piperidine rings is 2. The second-order valence-corrected chi connectivity index (χ2v) is 10.8. The fraction of sp³-hybridized carbons (Fsp3) is 0.483. The molecule has 0 spiro atoms. The number of aromatic nitrogens is 4. The van der Waals surface area contributed by atoms with E-state index in [2.05, 4.69) is 30.9 Å². The summed E-state index contributed by atoms with van der Waals surface area (Å²) in [4.78, 5) is 18.1. The number of imidazole rings is 1. The van der Waals surface area contributed by atoms with Crippen molar-refractivity contribution in [2.45, 2.75) is 57.7 Å². The van der Waals surface area contributed by atoms with Crippen LogP contribution < -0.4 is 10.6 Å². The number of nitrogens with two attached hydrogens (primary N) is 1. The summed E-state index contributed by atoms with van der Waals surface area (Å²) in [7, 11) is 0. The first kappa shape index (κ1) is 28.1. The lowest BCUT2D eigenvalue weighted by Gasteiger charge is -2.34. The summed E-state index contributed by atoms with van der Waals surface area (Å²) >= 11 is 0. The fourth-order valence-electron chi connectivity index (χ4n) is 5.80. The summed E-state index contributed by atoms with van der Waals surface area (Å²) in [5, 5.41) is 0. The van der Waals surface area contributed by atoms with Gasteiger partial charge in [-0.1, -0.05) is 13.0 Å². The number of halogens is 4. The van der Waals surface area contributed by atoms with Gasteiger partial charge < -0.3 is 20.1 Å². The Morgan fingerprint density at radius 1 is 1.05 bits per heavy atom. The van der Waals surface area contributed by atoms with Crippen molar-refractivity contribution >= 4 is 17.2 Å². The molecule has 2 fully saturated rings. The van der Waals surface area contributed by atoms with Crippen LogP contribution >= 0.6 is 0 Å². The van der Waals surface area contributed by atoms with E-state index in [0.29, 0.717) is 31.1 Å². The van der Waals surface area contributed by atoms with Crippen LogP contribution in [0.15, 0.2) is 37.3 Å². The monoisotopic (exact) mass is 557 g/mol. The van der Waals surface area contributed by atoms with Gasteiger partial charge in [-0.3, -0.25) is 0 Å². The van der Waals surface area contributed by atoms with Crippen LogP contribution in [0.2, 0.25) is 0 Å². The Morgan fingerprint density at radius 2 is 1.77 bits per heavy atom. The van der Waals surface area contributed by atoms with E-state index in [1.807, 2.05) is 13.1 Å². The molecule has 1 aromatic carbocycles. The minimum atomic E-state index is -4.78. The Kier molecular flexibility index (Phi) is 8.11. The molecule has 11 heteroatoms. The third-order valence-corrected chi connectivity index (χ3v) is 7.92. The van der Waals surface area contributed by atoms with Crippen molar-refractivity contribution in [1.29, 1.82) is 0 Å². The molecule has 4 heterocycles. The lowest BCUT2D eigenvalue weighted by molar-refractivity contribution is -0.139. The highest BCUT2D eigenvalue weighted by atomic mass is 19.4. The van der Waals surface area contributed by atoms with Crippen molar-refractivity contribution in [3.63, 3.8) is 0 Å². The molecule has 0 saturated carbocycles. The second kappa shape index (κ2) is 11.6. The van der Waals surface area contributed by atoms with E-state index < -0.39 is 17.6 Å². The Hall–Kier alpha value is -3.47. The number of hydrogen-bond donors (Lipinski definition) is 1. The number of nitrogen functional groups attached to an aromatic ring is 1. The standard InChI is InChI=1S/C29H35F4N7/c1-19(2)25-26(34)35-18-36-28(25)39-12-8-20(9-13-39)27-37-24(17-40(27)15-14-38-10-4-3-5-11-38)21-6-7-23(30)22(16-21)29(31,32)33/h6-7,16-18,20H,1,3-5,8-15H2,2H3,(H2,34,35,36). The van der Waals surface area contributed by atoms with E-state index in [1.54, 1.807) is 0 Å². The van der Waals surface area contributed by atoms with Gasteiger partial charge >= 0.3 is 6.18 Å². The maximum atomic E-state index is 14.0. The van der Waals surface area contributed by atoms with Gasteiger partial charge in [0.15, 0.2) is 0 Å². The number of anilines is 2. The molecule has 2 aromatic heterocycles. The van der Waals surface area contributed by atoms with Gasteiger partial charge in [-0.15, -0.1) is 0 Å². The summed E-state index contributed by atoms with van der Waals surface area (Å²) < 4.78 is 56.4. The molecule has 2 aliphatic heterocycles. The minimum absolute atomic E-state index is 0.112. The van der Waals surface area contributed by atoms with Gasteiger partial charge in [0.1, 0.15) is 29.6 Å². The number of allylic oxidation sites excluding steroid dienone is 1. The van der Waals surface area contributed by atoms with Crippen LogP contribution in [0.3, 0.4) is 0 Å². The zero-order chi connectivity index (χ0) is 28.4. The van der Waals surface area contributed by atoms with Crippen LogP contribution in [0.1, 0.15) is 61.9 Å². The number of benzene rings is 1.